The quantitative estimate of drug-likeness (QED) is 0.642. The van der Waals surface area contributed by atoms with Crippen LogP contribution in [0.15, 0.2) is 34.7 Å². The number of amides is 2. The third-order valence-corrected chi connectivity index (χ3v) is 4.80. The number of ether oxygens (including phenoxy) is 1. The van der Waals surface area contributed by atoms with E-state index in [1.54, 1.807) is 28.6 Å². The van der Waals surface area contributed by atoms with Crippen molar-refractivity contribution < 1.29 is 24.0 Å². The third kappa shape index (κ3) is 2.66. The average molecular weight is 342 g/mol. The number of nitrogens with zero attached hydrogens (tertiary/aromatic N) is 1. The van der Waals surface area contributed by atoms with Crippen molar-refractivity contribution in [2.75, 3.05) is 6.61 Å². The Hall–Kier alpha value is -2.80. The number of rotatable bonds is 2. The van der Waals surface area contributed by atoms with Gasteiger partial charge in [-0.15, -0.1) is 0 Å². The second-order valence-electron chi connectivity index (χ2n) is 6.45. The molecule has 1 aromatic carbocycles. The lowest BCUT2D eigenvalue weighted by Gasteiger charge is -2.28. The Balaban J connectivity index is 1.59. The van der Waals surface area contributed by atoms with Gasteiger partial charge in [0.15, 0.2) is 0 Å². The summed E-state index contributed by atoms with van der Waals surface area (Å²) in [5.41, 5.74) is 2.73. The van der Waals surface area contributed by atoms with Crippen LogP contribution in [0, 0.1) is 0 Å². The van der Waals surface area contributed by atoms with Gasteiger partial charge in [-0.05, 0) is 31.2 Å². The second kappa shape index (κ2) is 5.93. The molecule has 0 saturated heterocycles. The van der Waals surface area contributed by atoms with Crippen LogP contribution in [0.1, 0.15) is 40.3 Å². The standard InChI is InChI=1S/C18H18N2O5/c1-10-9-24-16-6-11(17(21)19-23)2-3-12(16)8-20(10)18(22)14-7-13-4-5-15(14)25-13/h2-6,10,14,23H,7-9H2,1H3,(H,19,21)/t10-,14?/m0/s1. The molecule has 0 spiro atoms. The predicted octanol–water partition coefficient (Wildman–Crippen LogP) is 1.85. The first-order valence-corrected chi connectivity index (χ1v) is 8.16. The van der Waals surface area contributed by atoms with Gasteiger partial charge >= 0.3 is 0 Å². The van der Waals surface area contributed by atoms with Crippen LogP contribution in [0.4, 0.5) is 0 Å². The van der Waals surface area contributed by atoms with Gasteiger partial charge in [0.1, 0.15) is 29.8 Å². The van der Waals surface area contributed by atoms with E-state index in [9.17, 15) is 9.59 Å². The molecule has 0 aliphatic carbocycles. The van der Waals surface area contributed by atoms with Crippen LogP contribution >= 0.6 is 0 Å². The molecule has 2 bridgehead atoms. The van der Waals surface area contributed by atoms with E-state index in [0.717, 1.165) is 11.3 Å². The Morgan fingerprint density at radius 2 is 2.12 bits per heavy atom. The lowest BCUT2D eigenvalue weighted by molar-refractivity contribution is -0.135. The Labute approximate surface area is 144 Å². The zero-order valence-electron chi connectivity index (χ0n) is 13.7. The minimum Gasteiger partial charge on any atom is -0.491 e. The van der Waals surface area contributed by atoms with E-state index < -0.39 is 5.91 Å². The molecule has 2 atom stereocenters. The lowest BCUT2D eigenvalue weighted by Crippen LogP contribution is -2.42. The van der Waals surface area contributed by atoms with E-state index in [4.69, 9.17) is 14.4 Å². The molecule has 1 aromatic heterocycles. The van der Waals surface area contributed by atoms with Gasteiger partial charge in [0, 0.05) is 24.1 Å². The maximum absolute atomic E-state index is 13.0. The molecule has 1 unspecified atom stereocenters. The van der Waals surface area contributed by atoms with Crippen LogP contribution in [0.3, 0.4) is 0 Å². The summed E-state index contributed by atoms with van der Waals surface area (Å²) in [4.78, 5) is 26.4. The van der Waals surface area contributed by atoms with Crippen molar-refractivity contribution in [2.45, 2.75) is 31.8 Å². The highest BCUT2D eigenvalue weighted by molar-refractivity contribution is 5.94. The van der Waals surface area contributed by atoms with E-state index in [2.05, 4.69) is 0 Å². The molecule has 130 valence electrons. The monoisotopic (exact) mass is 342 g/mol. The first-order valence-electron chi connectivity index (χ1n) is 8.16. The number of carbonyl (C=O) groups excluding carboxylic acids is 2. The highest BCUT2D eigenvalue weighted by Crippen LogP contribution is 2.35. The Morgan fingerprint density at radius 1 is 1.28 bits per heavy atom. The lowest BCUT2D eigenvalue weighted by atomic mass is 9.97. The van der Waals surface area contributed by atoms with Gasteiger partial charge in [0.05, 0.1) is 6.04 Å². The number of hydrogen-bond donors (Lipinski definition) is 2. The highest BCUT2D eigenvalue weighted by atomic mass is 16.5. The highest BCUT2D eigenvalue weighted by Gasteiger charge is 2.37. The van der Waals surface area contributed by atoms with Gasteiger partial charge in [-0.1, -0.05) is 6.07 Å². The summed E-state index contributed by atoms with van der Waals surface area (Å²) in [7, 11) is 0. The largest absolute Gasteiger partial charge is 0.491 e. The minimum atomic E-state index is -0.601. The van der Waals surface area contributed by atoms with E-state index in [0.29, 0.717) is 36.6 Å². The van der Waals surface area contributed by atoms with Crippen LogP contribution < -0.4 is 10.2 Å². The van der Waals surface area contributed by atoms with Crippen LogP contribution in [-0.2, 0) is 17.8 Å². The maximum atomic E-state index is 13.0. The van der Waals surface area contributed by atoms with Gasteiger partial charge in [-0.25, -0.2) is 5.48 Å². The van der Waals surface area contributed by atoms with Crippen molar-refractivity contribution in [3.05, 3.63) is 53.0 Å². The summed E-state index contributed by atoms with van der Waals surface area (Å²) < 4.78 is 11.4. The molecule has 2 aromatic rings. The summed E-state index contributed by atoms with van der Waals surface area (Å²) in [6, 6.07) is 8.57. The molecule has 25 heavy (non-hydrogen) atoms. The number of fused-ring (bicyclic) bond motifs is 3. The van der Waals surface area contributed by atoms with Crippen LogP contribution in [-0.4, -0.2) is 34.6 Å². The van der Waals surface area contributed by atoms with Gasteiger partial charge in [0.25, 0.3) is 5.91 Å². The van der Waals surface area contributed by atoms with Gasteiger partial charge in [-0.2, -0.15) is 0 Å². The summed E-state index contributed by atoms with van der Waals surface area (Å²) >= 11 is 0. The molecule has 4 rings (SSSR count). The molecule has 2 aliphatic heterocycles. The van der Waals surface area contributed by atoms with Crippen molar-refractivity contribution in [3.8, 4) is 5.75 Å². The number of hydrogen-bond acceptors (Lipinski definition) is 5. The third-order valence-electron chi connectivity index (χ3n) is 4.80. The predicted molar refractivity (Wildman–Crippen MR) is 86.4 cm³/mol. The zero-order valence-corrected chi connectivity index (χ0v) is 13.7. The number of hydroxylamine groups is 1. The summed E-state index contributed by atoms with van der Waals surface area (Å²) in [6.45, 7) is 2.67. The minimum absolute atomic E-state index is 0.0236. The Kier molecular flexibility index (Phi) is 3.73. The molecule has 0 saturated carbocycles. The van der Waals surface area contributed by atoms with E-state index in [-0.39, 0.29) is 17.9 Å². The van der Waals surface area contributed by atoms with Crippen molar-refractivity contribution >= 4 is 11.8 Å². The summed E-state index contributed by atoms with van der Waals surface area (Å²) in [5, 5.41) is 8.76. The van der Waals surface area contributed by atoms with Crippen molar-refractivity contribution in [1.82, 2.24) is 10.4 Å². The van der Waals surface area contributed by atoms with E-state index >= 15 is 0 Å². The van der Waals surface area contributed by atoms with Gasteiger partial charge < -0.3 is 14.1 Å². The molecule has 7 heteroatoms. The van der Waals surface area contributed by atoms with Gasteiger partial charge in [0.2, 0.25) is 5.91 Å². The smallest absolute Gasteiger partial charge is 0.274 e. The van der Waals surface area contributed by atoms with Crippen LogP contribution in [0.25, 0.3) is 0 Å². The number of furan rings is 1. The van der Waals surface area contributed by atoms with E-state index in [1.165, 1.54) is 0 Å². The fraction of sp³-hybridized carbons (Fsp3) is 0.333. The Bertz CT molecular complexity index is 844. The number of carbonyl (C=O) groups is 2. The number of benzene rings is 1. The molecule has 7 nitrogen and oxygen atoms in total. The van der Waals surface area contributed by atoms with Crippen molar-refractivity contribution in [3.63, 3.8) is 0 Å². The first-order chi connectivity index (χ1) is 12.1. The van der Waals surface area contributed by atoms with E-state index in [1.807, 2.05) is 19.1 Å². The molecule has 0 radical (unpaired) electrons. The van der Waals surface area contributed by atoms with Crippen LogP contribution in [0.5, 0.6) is 5.75 Å². The number of nitrogens with one attached hydrogen (secondary N) is 1. The fourth-order valence-corrected chi connectivity index (χ4v) is 3.36. The zero-order chi connectivity index (χ0) is 17.6. The molecule has 2 amide bonds. The van der Waals surface area contributed by atoms with Gasteiger partial charge in [-0.3, -0.25) is 14.8 Å². The summed E-state index contributed by atoms with van der Waals surface area (Å²) in [6.07, 6.45) is 0.608. The normalized spacial score (nSPS) is 21.3. The maximum Gasteiger partial charge on any atom is 0.274 e. The molecule has 3 heterocycles. The summed E-state index contributed by atoms with van der Waals surface area (Å²) in [5.74, 6) is 1.27. The fourth-order valence-electron chi connectivity index (χ4n) is 3.36. The topological polar surface area (TPSA) is 92.0 Å². The SMILES string of the molecule is C[C@H]1COc2cc(C(=O)NO)ccc2CN1C(=O)C1Cc2ccc1o2. The first kappa shape index (κ1) is 15.7. The molecular weight excluding hydrogens is 324 g/mol. The molecular formula is C18H18N2O5. The average Bonchev–Trinajstić information content (AvgIpc) is 3.22. The van der Waals surface area contributed by atoms with Crippen molar-refractivity contribution in [1.29, 1.82) is 0 Å². The Morgan fingerprint density at radius 3 is 2.80 bits per heavy atom. The molecule has 0 fully saturated rings. The second-order valence-corrected chi connectivity index (χ2v) is 6.45. The van der Waals surface area contributed by atoms with Crippen molar-refractivity contribution in [2.24, 2.45) is 0 Å². The van der Waals surface area contributed by atoms with Crippen LogP contribution in [0.2, 0.25) is 0 Å². The molecule has 2 aliphatic rings. The molecule has 2 N–H and O–H groups in total.